The third-order valence-corrected chi connectivity index (χ3v) is 5.40. The van der Waals surface area contributed by atoms with Crippen molar-refractivity contribution in [3.8, 4) is 16.9 Å². The highest BCUT2D eigenvalue weighted by Crippen LogP contribution is 2.40. The molecule has 2 heterocycles. The highest BCUT2D eigenvalue weighted by atomic mass is 32.2. The van der Waals surface area contributed by atoms with E-state index >= 15 is 0 Å². The van der Waals surface area contributed by atoms with E-state index in [4.69, 9.17) is 4.74 Å². The number of aromatic nitrogens is 2. The second-order valence-corrected chi connectivity index (χ2v) is 8.72. The van der Waals surface area contributed by atoms with Crippen molar-refractivity contribution in [3.63, 3.8) is 0 Å². The normalized spacial score (nSPS) is 18.9. The molecule has 1 aliphatic heterocycles. The van der Waals surface area contributed by atoms with Crippen LogP contribution in [-0.4, -0.2) is 36.6 Å². The molecule has 7 nitrogen and oxygen atoms in total. The quantitative estimate of drug-likeness (QED) is 0.612. The molecule has 0 fully saturated rings. The molecule has 0 saturated carbocycles. The molecular weight excluding hydrogens is 378 g/mol. The summed E-state index contributed by atoms with van der Waals surface area (Å²) in [5.41, 5.74) is 3.73. The van der Waals surface area contributed by atoms with Crippen molar-refractivity contribution in [2.75, 3.05) is 17.6 Å². The maximum Gasteiger partial charge on any atom is 0.229 e. The Balaban J connectivity index is 1.63. The van der Waals surface area contributed by atoms with Crippen LogP contribution in [0.1, 0.15) is 17.4 Å². The Morgan fingerprint density at radius 2 is 2.07 bits per heavy atom. The number of rotatable bonds is 5. The average Bonchev–Trinajstić information content (AvgIpc) is 3.16. The maximum absolute atomic E-state index is 11.7. The minimum Gasteiger partial charge on any atom is -0.493 e. The Morgan fingerprint density at radius 3 is 2.82 bits per heavy atom. The molecule has 2 aromatic carbocycles. The first-order chi connectivity index (χ1) is 13.4. The van der Waals surface area contributed by atoms with E-state index in [0.717, 1.165) is 28.6 Å². The lowest BCUT2D eigenvalue weighted by Crippen LogP contribution is -2.27. The molecule has 0 aliphatic carbocycles. The van der Waals surface area contributed by atoms with Gasteiger partial charge >= 0.3 is 0 Å². The number of aliphatic hydroxyl groups excluding tert-OH is 1. The van der Waals surface area contributed by atoms with Crippen LogP contribution >= 0.6 is 0 Å². The van der Waals surface area contributed by atoms with Gasteiger partial charge in [0.15, 0.2) is 0 Å². The van der Waals surface area contributed by atoms with Crippen LogP contribution in [0.15, 0.2) is 54.7 Å². The van der Waals surface area contributed by atoms with Gasteiger partial charge in [0, 0.05) is 28.9 Å². The van der Waals surface area contributed by atoms with E-state index in [2.05, 4.69) is 14.9 Å². The second-order valence-electron chi connectivity index (χ2n) is 6.97. The SMILES string of the molecule is CS(=O)(=O)Nc1ccccc1-c1ccc2c(c1)OCC(Cc1ccn[nH]1)C2O. The van der Waals surface area contributed by atoms with Crippen molar-refractivity contribution in [2.45, 2.75) is 12.5 Å². The summed E-state index contributed by atoms with van der Waals surface area (Å²) in [4.78, 5) is 0. The number of nitrogens with zero attached hydrogens (tertiary/aromatic N) is 1. The Labute approximate surface area is 163 Å². The first-order valence-electron chi connectivity index (χ1n) is 8.91. The summed E-state index contributed by atoms with van der Waals surface area (Å²) in [6.07, 6.45) is 2.80. The number of sulfonamides is 1. The molecule has 0 spiro atoms. The monoisotopic (exact) mass is 399 g/mol. The molecule has 2 unspecified atom stereocenters. The Morgan fingerprint density at radius 1 is 1.25 bits per heavy atom. The van der Waals surface area contributed by atoms with Crippen LogP contribution in [-0.2, 0) is 16.4 Å². The molecule has 146 valence electrons. The van der Waals surface area contributed by atoms with E-state index in [0.29, 0.717) is 24.5 Å². The van der Waals surface area contributed by atoms with E-state index in [9.17, 15) is 13.5 Å². The smallest absolute Gasteiger partial charge is 0.229 e. The molecule has 4 rings (SSSR count). The lowest BCUT2D eigenvalue weighted by Gasteiger charge is -2.30. The minimum atomic E-state index is -3.40. The number of aromatic amines is 1. The van der Waals surface area contributed by atoms with Crippen LogP contribution in [0.25, 0.3) is 11.1 Å². The lowest BCUT2D eigenvalue weighted by molar-refractivity contribution is 0.0503. The first kappa shape index (κ1) is 18.5. The predicted molar refractivity (Wildman–Crippen MR) is 107 cm³/mol. The van der Waals surface area contributed by atoms with Gasteiger partial charge in [0.25, 0.3) is 0 Å². The molecule has 0 bridgehead atoms. The molecular formula is C20H21N3O4S. The predicted octanol–water partition coefficient (Wildman–Crippen LogP) is 2.73. The van der Waals surface area contributed by atoms with Crippen LogP contribution in [0.2, 0.25) is 0 Å². The number of benzene rings is 2. The zero-order valence-electron chi connectivity index (χ0n) is 15.3. The van der Waals surface area contributed by atoms with Crippen LogP contribution in [0.3, 0.4) is 0 Å². The van der Waals surface area contributed by atoms with Gasteiger partial charge in [0.05, 0.1) is 24.7 Å². The third-order valence-electron chi connectivity index (χ3n) is 4.81. The van der Waals surface area contributed by atoms with Crippen molar-refractivity contribution in [2.24, 2.45) is 5.92 Å². The average molecular weight is 399 g/mol. The molecule has 0 radical (unpaired) electrons. The van der Waals surface area contributed by atoms with Gasteiger partial charge < -0.3 is 9.84 Å². The van der Waals surface area contributed by atoms with Crippen molar-refractivity contribution >= 4 is 15.7 Å². The highest BCUT2D eigenvalue weighted by Gasteiger charge is 2.30. The zero-order valence-corrected chi connectivity index (χ0v) is 16.1. The number of H-pyrrole nitrogens is 1. The molecule has 3 aromatic rings. The van der Waals surface area contributed by atoms with E-state index in [1.807, 2.05) is 36.4 Å². The third kappa shape index (κ3) is 3.88. The summed E-state index contributed by atoms with van der Waals surface area (Å²) in [5.74, 6) is 0.540. The Kier molecular flexibility index (Phi) is 4.82. The minimum absolute atomic E-state index is 0.0713. The first-order valence-corrected chi connectivity index (χ1v) is 10.8. The van der Waals surface area contributed by atoms with Gasteiger partial charge in [-0.1, -0.05) is 30.3 Å². The van der Waals surface area contributed by atoms with Crippen molar-refractivity contribution in [1.82, 2.24) is 10.2 Å². The van der Waals surface area contributed by atoms with Gasteiger partial charge in [0.1, 0.15) is 5.75 Å². The summed E-state index contributed by atoms with van der Waals surface area (Å²) in [6.45, 7) is 0.389. The van der Waals surface area contributed by atoms with Crippen LogP contribution in [0, 0.1) is 5.92 Å². The fourth-order valence-electron chi connectivity index (χ4n) is 3.49. The number of nitrogens with one attached hydrogen (secondary N) is 2. The maximum atomic E-state index is 11.7. The second kappa shape index (κ2) is 7.29. The van der Waals surface area contributed by atoms with Gasteiger partial charge in [-0.15, -0.1) is 0 Å². The summed E-state index contributed by atoms with van der Waals surface area (Å²) in [7, 11) is -3.40. The van der Waals surface area contributed by atoms with Crippen molar-refractivity contribution in [1.29, 1.82) is 0 Å². The van der Waals surface area contributed by atoms with Gasteiger partial charge in [-0.2, -0.15) is 5.10 Å². The largest absolute Gasteiger partial charge is 0.493 e. The van der Waals surface area contributed by atoms with E-state index < -0.39 is 16.1 Å². The summed E-state index contributed by atoms with van der Waals surface area (Å²) < 4.78 is 31.8. The molecule has 0 saturated heterocycles. The topological polar surface area (TPSA) is 104 Å². The number of aliphatic hydroxyl groups is 1. The molecule has 3 N–H and O–H groups in total. The van der Waals surface area contributed by atoms with Gasteiger partial charge in [-0.25, -0.2) is 8.42 Å². The lowest BCUT2D eigenvalue weighted by atomic mass is 9.88. The van der Waals surface area contributed by atoms with Crippen molar-refractivity contribution < 1.29 is 18.3 Å². The van der Waals surface area contributed by atoms with E-state index in [-0.39, 0.29) is 5.92 Å². The van der Waals surface area contributed by atoms with Crippen LogP contribution in [0.4, 0.5) is 5.69 Å². The van der Waals surface area contributed by atoms with E-state index in [1.54, 1.807) is 18.3 Å². The highest BCUT2D eigenvalue weighted by molar-refractivity contribution is 7.92. The van der Waals surface area contributed by atoms with Gasteiger partial charge in [-0.05, 0) is 30.2 Å². The van der Waals surface area contributed by atoms with Crippen LogP contribution in [0.5, 0.6) is 5.75 Å². The Hall–Kier alpha value is -2.84. The van der Waals surface area contributed by atoms with Crippen LogP contribution < -0.4 is 9.46 Å². The molecule has 1 aliphatic rings. The number of fused-ring (bicyclic) bond motifs is 1. The standard InChI is InChI=1S/C20H21N3O4S/c1-28(25,26)23-18-5-3-2-4-16(18)13-6-7-17-19(11-13)27-12-14(20(17)24)10-15-8-9-21-22-15/h2-9,11,14,20,23-24H,10,12H2,1H3,(H,21,22). The molecule has 8 heteroatoms. The Bertz CT molecular complexity index is 1080. The fraction of sp³-hybridized carbons (Fsp3) is 0.250. The van der Waals surface area contributed by atoms with Crippen molar-refractivity contribution in [3.05, 3.63) is 66.0 Å². The molecule has 0 amide bonds. The number of hydrogen-bond acceptors (Lipinski definition) is 5. The number of ether oxygens (including phenoxy) is 1. The molecule has 28 heavy (non-hydrogen) atoms. The number of para-hydroxylation sites is 1. The van der Waals surface area contributed by atoms with Gasteiger partial charge in [-0.3, -0.25) is 9.82 Å². The summed E-state index contributed by atoms with van der Waals surface area (Å²) in [5, 5.41) is 17.6. The number of hydrogen-bond donors (Lipinski definition) is 3. The molecule has 1 aromatic heterocycles. The number of anilines is 1. The molecule has 2 atom stereocenters. The summed E-state index contributed by atoms with van der Waals surface area (Å²) >= 11 is 0. The van der Waals surface area contributed by atoms with E-state index in [1.165, 1.54) is 0 Å². The zero-order chi connectivity index (χ0) is 19.7. The fourth-order valence-corrected chi connectivity index (χ4v) is 4.07. The summed E-state index contributed by atoms with van der Waals surface area (Å²) in [6, 6.07) is 14.6. The van der Waals surface area contributed by atoms with Gasteiger partial charge in [0.2, 0.25) is 10.0 Å².